The van der Waals surface area contributed by atoms with Gasteiger partial charge in [0.05, 0.1) is 18.0 Å². The van der Waals surface area contributed by atoms with E-state index in [1.165, 1.54) is 4.31 Å². The highest BCUT2D eigenvalue weighted by Gasteiger charge is 2.47. The number of carbonyl (C=O) groups is 2. The lowest BCUT2D eigenvalue weighted by atomic mass is 9.84. The van der Waals surface area contributed by atoms with Crippen molar-refractivity contribution in [3.8, 4) is 0 Å². The number of benzene rings is 1. The first kappa shape index (κ1) is 24.2. The number of likely N-dealkylation sites (tertiary alicyclic amines) is 1. The lowest BCUT2D eigenvalue weighted by Gasteiger charge is -2.34. The van der Waals surface area contributed by atoms with Gasteiger partial charge >= 0.3 is 0 Å². The monoisotopic (exact) mass is 477 g/mol. The van der Waals surface area contributed by atoms with E-state index in [4.69, 9.17) is 4.74 Å². The second kappa shape index (κ2) is 10.1. The minimum atomic E-state index is -3.50. The summed E-state index contributed by atoms with van der Waals surface area (Å²) >= 11 is 0. The number of fused-ring (bicyclic) bond motifs is 1. The van der Waals surface area contributed by atoms with E-state index in [1.54, 1.807) is 17.0 Å². The van der Waals surface area contributed by atoms with Crippen molar-refractivity contribution in [2.75, 3.05) is 25.4 Å². The molecule has 2 amide bonds. The zero-order chi connectivity index (χ0) is 23.6. The first-order chi connectivity index (χ1) is 15.8. The van der Waals surface area contributed by atoms with Gasteiger partial charge in [0.15, 0.2) is 0 Å². The van der Waals surface area contributed by atoms with Crippen molar-refractivity contribution in [2.24, 2.45) is 5.92 Å². The maximum absolute atomic E-state index is 13.3. The van der Waals surface area contributed by atoms with Crippen LogP contribution in [0, 0.1) is 5.92 Å². The molecule has 2 aliphatic heterocycles. The van der Waals surface area contributed by atoms with Crippen LogP contribution in [0.1, 0.15) is 56.3 Å². The fraction of sp³-hybridized carbons (Fsp3) is 0.667. The van der Waals surface area contributed by atoms with Crippen molar-refractivity contribution in [3.63, 3.8) is 0 Å². The summed E-state index contributed by atoms with van der Waals surface area (Å²) in [5, 5.41) is 2.82. The first-order valence-corrected chi connectivity index (χ1v) is 13.7. The molecule has 0 spiro atoms. The third kappa shape index (κ3) is 5.41. The average molecular weight is 478 g/mol. The Morgan fingerprint density at radius 1 is 1.06 bits per heavy atom. The molecule has 182 valence electrons. The molecule has 1 aliphatic carbocycles. The molecule has 2 heterocycles. The summed E-state index contributed by atoms with van der Waals surface area (Å²) in [6.07, 6.45) is 4.44. The van der Waals surface area contributed by atoms with E-state index >= 15 is 0 Å². The standard InChI is InChI=1S/C24H35N3O5S/c1-17-15-26(16-18(2)32-17)33(30,31)13-12-25-23(28)22-14-20-10-6-7-11-21(20)27(22)24(29)19-8-4-3-5-9-19/h3-5,8-9,17-18,20-22H,6-7,10-16H2,1-2H3,(H,25,28). The topological polar surface area (TPSA) is 96.0 Å². The molecule has 3 aliphatic rings. The van der Waals surface area contributed by atoms with E-state index in [-0.39, 0.29) is 42.4 Å². The summed E-state index contributed by atoms with van der Waals surface area (Å²) in [6, 6.07) is 8.60. The predicted octanol–water partition coefficient (Wildman–Crippen LogP) is 2.02. The molecule has 3 fully saturated rings. The van der Waals surface area contributed by atoms with E-state index in [2.05, 4.69) is 5.32 Å². The van der Waals surface area contributed by atoms with Gasteiger partial charge in [0.25, 0.3) is 5.91 Å². The molecular formula is C24H35N3O5S. The van der Waals surface area contributed by atoms with Crippen LogP contribution in [0.5, 0.6) is 0 Å². The molecule has 1 saturated carbocycles. The lowest BCUT2D eigenvalue weighted by Crippen LogP contribution is -2.51. The number of carbonyl (C=O) groups excluding carboxylic acids is 2. The molecule has 0 bridgehead atoms. The van der Waals surface area contributed by atoms with Gasteiger partial charge < -0.3 is 15.0 Å². The largest absolute Gasteiger partial charge is 0.373 e. The number of morpholine rings is 1. The molecule has 2 saturated heterocycles. The molecule has 0 aromatic heterocycles. The number of hydrogen-bond acceptors (Lipinski definition) is 5. The molecule has 5 atom stereocenters. The van der Waals surface area contributed by atoms with Crippen molar-refractivity contribution in [3.05, 3.63) is 35.9 Å². The van der Waals surface area contributed by atoms with Crippen molar-refractivity contribution in [1.29, 1.82) is 0 Å². The minimum Gasteiger partial charge on any atom is -0.373 e. The second-order valence-corrected chi connectivity index (χ2v) is 11.7. The smallest absolute Gasteiger partial charge is 0.254 e. The quantitative estimate of drug-likeness (QED) is 0.676. The Morgan fingerprint density at radius 2 is 1.73 bits per heavy atom. The molecule has 9 heteroatoms. The van der Waals surface area contributed by atoms with Gasteiger partial charge in [-0.05, 0) is 51.2 Å². The van der Waals surface area contributed by atoms with Crippen LogP contribution in [0.25, 0.3) is 0 Å². The summed E-state index contributed by atoms with van der Waals surface area (Å²) in [5.74, 6) is -0.214. The Balaban J connectivity index is 1.41. The first-order valence-electron chi connectivity index (χ1n) is 12.0. The van der Waals surface area contributed by atoms with E-state index in [9.17, 15) is 18.0 Å². The van der Waals surface area contributed by atoms with Crippen LogP contribution in [-0.2, 0) is 19.6 Å². The molecule has 0 radical (unpaired) electrons. The number of amides is 2. The molecular weight excluding hydrogens is 442 g/mol. The van der Waals surface area contributed by atoms with Crippen LogP contribution in [0.4, 0.5) is 0 Å². The van der Waals surface area contributed by atoms with Gasteiger partial charge in [0, 0.05) is 31.2 Å². The number of rotatable bonds is 6. The number of hydrogen-bond donors (Lipinski definition) is 1. The maximum atomic E-state index is 13.3. The Labute approximate surface area is 196 Å². The van der Waals surface area contributed by atoms with E-state index in [0.717, 1.165) is 25.7 Å². The van der Waals surface area contributed by atoms with Crippen molar-refractivity contribution in [2.45, 2.75) is 70.2 Å². The van der Waals surface area contributed by atoms with Crippen molar-refractivity contribution < 1.29 is 22.7 Å². The second-order valence-electron chi connectivity index (χ2n) is 9.62. The van der Waals surface area contributed by atoms with Crippen LogP contribution in [-0.4, -0.2) is 79.1 Å². The van der Waals surface area contributed by atoms with Gasteiger partial charge in [0.1, 0.15) is 6.04 Å². The van der Waals surface area contributed by atoms with E-state index < -0.39 is 16.1 Å². The van der Waals surface area contributed by atoms with Crippen molar-refractivity contribution in [1.82, 2.24) is 14.5 Å². The molecule has 8 nitrogen and oxygen atoms in total. The van der Waals surface area contributed by atoms with Crippen LogP contribution in [0.3, 0.4) is 0 Å². The highest BCUT2D eigenvalue weighted by molar-refractivity contribution is 7.89. The molecule has 4 rings (SSSR count). The Hall–Kier alpha value is -1.97. The fourth-order valence-corrected chi connectivity index (χ4v) is 7.12. The highest BCUT2D eigenvalue weighted by atomic mass is 32.2. The third-order valence-electron chi connectivity index (χ3n) is 7.08. The van der Waals surface area contributed by atoms with Crippen LogP contribution in [0.2, 0.25) is 0 Å². The number of nitrogens with one attached hydrogen (secondary N) is 1. The normalized spacial score (nSPS) is 30.6. The third-order valence-corrected chi connectivity index (χ3v) is 8.89. The van der Waals surface area contributed by atoms with Gasteiger partial charge in [-0.3, -0.25) is 9.59 Å². The Morgan fingerprint density at radius 3 is 2.42 bits per heavy atom. The summed E-state index contributed by atoms with van der Waals surface area (Å²) in [7, 11) is -3.50. The summed E-state index contributed by atoms with van der Waals surface area (Å²) in [5.41, 5.74) is 0.583. The molecule has 5 unspecified atom stereocenters. The summed E-state index contributed by atoms with van der Waals surface area (Å²) in [6.45, 7) is 4.40. The molecule has 1 aromatic rings. The van der Waals surface area contributed by atoms with Crippen molar-refractivity contribution >= 4 is 21.8 Å². The van der Waals surface area contributed by atoms with Gasteiger partial charge in [-0.1, -0.05) is 31.0 Å². The van der Waals surface area contributed by atoms with Gasteiger partial charge in [-0.2, -0.15) is 4.31 Å². The van der Waals surface area contributed by atoms with Gasteiger partial charge in [0.2, 0.25) is 15.9 Å². The number of sulfonamides is 1. The van der Waals surface area contributed by atoms with Gasteiger partial charge in [-0.15, -0.1) is 0 Å². The summed E-state index contributed by atoms with van der Waals surface area (Å²) < 4.78 is 32.7. The predicted molar refractivity (Wildman–Crippen MR) is 125 cm³/mol. The Kier molecular flexibility index (Phi) is 7.40. The minimum absolute atomic E-state index is 0.0283. The zero-order valence-corrected chi connectivity index (χ0v) is 20.3. The van der Waals surface area contributed by atoms with Gasteiger partial charge in [-0.25, -0.2) is 8.42 Å². The van der Waals surface area contributed by atoms with E-state index in [0.29, 0.717) is 31.0 Å². The highest BCUT2D eigenvalue weighted by Crippen LogP contribution is 2.40. The fourth-order valence-electron chi connectivity index (χ4n) is 5.62. The van der Waals surface area contributed by atoms with E-state index in [1.807, 2.05) is 32.0 Å². The van der Waals surface area contributed by atoms with Crippen LogP contribution < -0.4 is 5.32 Å². The Bertz CT molecular complexity index is 944. The number of nitrogens with zero attached hydrogens (tertiary/aromatic N) is 2. The number of ether oxygens (including phenoxy) is 1. The average Bonchev–Trinajstić information content (AvgIpc) is 3.18. The summed E-state index contributed by atoms with van der Waals surface area (Å²) in [4.78, 5) is 28.3. The molecule has 1 aromatic carbocycles. The SMILES string of the molecule is CC1CN(S(=O)(=O)CCNC(=O)C2CC3CCCCC3N2C(=O)c2ccccc2)CC(C)O1. The molecule has 33 heavy (non-hydrogen) atoms. The van der Waals surface area contributed by atoms with Crippen LogP contribution in [0.15, 0.2) is 30.3 Å². The maximum Gasteiger partial charge on any atom is 0.254 e. The molecule has 1 N–H and O–H groups in total. The zero-order valence-electron chi connectivity index (χ0n) is 19.5. The van der Waals surface area contributed by atoms with Crippen LogP contribution >= 0.6 is 0 Å². The lowest BCUT2D eigenvalue weighted by molar-refractivity contribution is -0.125.